The SMILES string of the molecule is C[Si](C)(C)c1ccc(-c2[c-]ccc3c2oc2cc(F)ccc23)nc1.Cc1ccc2sc3c[c-]c(-c4cc(C(C)(C)c5ccccc5)ccn4)cc3c2c1.[Ir]. The van der Waals surface area contributed by atoms with Crippen LogP contribution in [-0.4, -0.2) is 18.0 Å². The van der Waals surface area contributed by atoms with Gasteiger partial charge >= 0.3 is 0 Å². The monoisotopic (exact) mass is 919 g/mol. The third-order valence-electron chi connectivity index (χ3n) is 10.1. The van der Waals surface area contributed by atoms with Crippen molar-refractivity contribution in [1.82, 2.24) is 9.97 Å². The van der Waals surface area contributed by atoms with Crippen molar-refractivity contribution in [2.45, 2.75) is 45.8 Å². The standard InChI is InChI=1S/C27H22NS.C20H17FNOSi.Ir/c1-18-9-11-25-22(15-18)23-16-19(10-12-26(23)29-25)24-17-21(13-14-28-24)27(2,3)20-7-5-4-6-8-20;1-24(2,3)14-8-10-18(22-12-14)17-6-4-5-16-15-9-7-13(21)11-19(15)23-20(16)17;/h4-9,11-17H,1-3H3;4-5,7-12H,1-3H3;/q2*-1;. The third kappa shape index (κ3) is 7.22. The Morgan fingerprint density at radius 3 is 2.28 bits per heavy atom. The molecule has 9 rings (SSSR count). The van der Waals surface area contributed by atoms with E-state index in [1.807, 2.05) is 41.9 Å². The summed E-state index contributed by atoms with van der Waals surface area (Å²) in [6, 6.07) is 45.3. The van der Waals surface area contributed by atoms with Gasteiger partial charge < -0.3 is 14.4 Å². The number of hydrogen-bond acceptors (Lipinski definition) is 4. The van der Waals surface area contributed by atoms with Gasteiger partial charge in [-0.15, -0.1) is 42.0 Å². The number of aromatic nitrogens is 2. The van der Waals surface area contributed by atoms with Crippen molar-refractivity contribution in [3.63, 3.8) is 0 Å². The van der Waals surface area contributed by atoms with E-state index in [4.69, 9.17) is 4.42 Å². The molecule has 3 nitrogen and oxygen atoms in total. The molecule has 4 heterocycles. The smallest absolute Gasteiger partial charge is 0.126 e. The fourth-order valence-electron chi connectivity index (χ4n) is 6.86. The second-order valence-corrected chi connectivity index (χ2v) is 21.3. The van der Waals surface area contributed by atoms with Gasteiger partial charge in [0.05, 0.1) is 13.7 Å². The Bertz CT molecular complexity index is 2770. The Morgan fingerprint density at radius 1 is 0.722 bits per heavy atom. The van der Waals surface area contributed by atoms with Crippen LogP contribution in [0.5, 0.6) is 0 Å². The Kier molecular flexibility index (Phi) is 10.3. The third-order valence-corrected chi connectivity index (χ3v) is 13.3. The topological polar surface area (TPSA) is 38.9 Å². The van der Waals surface area contributed by atoms with Crippen LogP contribution in [0, 0.1) is 24.9 Å². The summed E-state index contributed by atoms with van der Waals surface area (Å²) in [5, 5.41) is 5.78. The second-order valence-electron chi connectivity index (χ2n) is 15.2. The number of halogens is 1. The summed E-state index contributed by atoms with van der Waals surface area (Å²) in [6.07, 6.45) is 3.87. The second kappa shape index (κ2) is 14.8. The van der Waals surface area contributed by atoms with E-state index in [-0.39, 0.29) is 31.3 Å². The molecule has 0 aliphatic carbocycles. The number of nitrogens with zero attached hydrogens (tertiary/aromatic N) is 2. The zero-order chi connectivity index (χ0) is 36.9. The van der Waals surface area contributed by atoms with Crippen LogP contribution in [0.4, 0.5) is 4.39 Å². The largest absolute Gasteiger partial charge is 0.500 e. The Hall–Kier alpha value is -4.78. The molecule has 0 fully saturated rings. The molecule has 0 unspecified atom stereocenters. The number of aryl methyl sites for hydroxylation is 1. The van der Waals surface area contributed by atoms with Gasteiger partial charge in [-0.25, -0.2) is 4.39 Å². The minimum Gasteiger partial charge on any atom is -0.500 e. The number of thiophene rings is 1. The first-order valence-electron chi connectivity index (χ1n) is 17.8. The molecule has 0 atom stereocenters. The molecule has 5 aromatic carbocycles. The van der Waals surface area contributed by atoms with Crippen molar-refractivity contribution in [3.8, 4) is 22.5 Å². The van der Waals surface area contributed by atoms with Gasteiger partial charge in [-0.3, -0.25) is 0 Å². The summed E-state index contributed by atoms with van der Waals surface area (Å²) < 4.78 is 22.0. The maximum absolute atomic E-state index is 13.5. The molecule has 0 amide bonds. The van der Waals surface area contributed by atoms with Crippen LogP contribution < -0.4 is 5.19 Å². The predicted molar refractivity (Wildman–Crippen MR) is 223 cm³/mol. The molecule has 0 bridgehead atoms. The van der Waals surface area contributed by atoms with Crippen LogP contribution in [0.1, 0.15) is 30.5 Å². The first-order valence-corrected chi connectivity index (χ1v) is 22.1. The van der Waals surface area contributed by atoms with Crippen molar-refractivity contribution in [3.05, 3.63) is 162 Å². The molecule has 0 aliphatic heterocycles. The summed E-state index contributed by atoms with van der Waals surface area (Å²) in [6.45, 7) is 13.6. The number of benzene rings is 5. The van der Waals surface area contributed by atoms with Gasteiger partial charge in [0.25, 0.3) is 0 Å². The Morgan fingerprint density at radius 2 is 1.52 bits per heavy atom. The normalized spacial score (nSPS) is 11.8. The van der Waals surface area contributed by atoms with E-state index in [1.54, 1.807) is 6.07 Å². The molecular weight excluding hydrogens is 880 g/mol. The predicted octanol–water partition coefficient (Wildman–Crippen LogP) is 12.7. The minimum atomic E-state index is -1.38. The van der Waals surface area contributed by atoms with E-state index in [0.717, 1.165) is 33.3 Å². The van der Waals surface area contributed by atoms with Crippen LogP contribution in [0.2, 0.25) is 19.6 Å². The molecule has 271 valence electrons. The average Bonchev–Trinajstić information content (AvgIpc) is 3.72. The summed E-state index contributed by atoms with van der Waals surface area (Å²) >= 11 is 1.83. The fourth-order valence-corrected chi connectivity index (χ4v) is 8.95. The van der Waals surface area contributed by atoms with E-state index in [9.17, 15) is 4.39 Å². The zero-order valence-electron chi connectivity index (χ0n) is 31.0. The molecule has 0 aliphatic rings. The average molecular weight is 919 g/mol. The van der Waals surface area contributed by atoms with E-state index < -0.39 is 8.07 Å². The summed E-state index contributed by atoms with van der Waals surface area (Å²) in [4.78, 5) is 9.30. The Labute approximate surface area is 334 Å². The van der Waals surface area contributed by atoms with Gasteiger partial charge in [0.15, 0.2) is 0 Å². The number of fused-ring (bicyclic) bond motifs is 6. The molecule has 54 heavy (non-hydrogen) atoms. The van der Waals surface area contributed by atoms with E-state index in [2.05, 4.69) is 141 Å². The van der Waals surface area contributed by atoms with Gasteiger partial charge in [-0.2, -0.15) is 11.3 Å². The van der Waals surface area contributed by atoms with Crippen molar-refractivity contribution >= 4 is 66.7 Å². The molecule has 7 heteroatoms. The quantitative estimate of drug-likeness (QED) is 0.128. The first kappa shape index (κ1) is 37.5. The summed E-state index contributed by atoms with van der Waals surface area (Å²) in [5.41, 5.74) is 8.66. The van der Waals surface area contributed by atoms with Crippen molar-refractivity contribution in [2.24, 2.45) is 0 Å². The van der Waals surface area contributed by atoms with Gasteiger partial charge in [0, 0.05) is 54.1 Å². The zero-order valence-corrected chi connectivity index (χ0v) is 35.3. The molecule has 0 saturated heterocycles. The van der Waals surface area contributed by atoms with Crippen molar-refractivity contribution < 1.29 is 28.9 Å². The van der Waals surface area contributed by atoms with Gasteiger partial charge in [0.2, 0.25) is 0 Å². The molecular formula is C47H39FIrN2OSSi-2. The molecule has 0 spiro atoms. The molecule has 0 N–H and O–H groups in total. The first-order chi connectivity index (χ1) is 25.5. The summed E-state index contributed by atoms with van der Waals surface area (Å²) in [5.74, 6) is -0.301. The number of rotatable bonds is 5. The van der Waals surface area contributed by atoms with E-state index in [0.29, 0.717) is 11.2 Å². The van der Waals surface area contributed by atoms with Crippen LogP contribution in [0.15, 0.2) is 132 Å². The Balaban J connectivity index is 0.000000166. The molecule has 1 radical (unpaired) electrons. The number of furan rings is 1. The maximum atomic E-state index is 13.5. The molecule has 9 aromatic rings. The van der Waals surface area contributed by atoms with Crippen LogP contribution in [0.25, 0.3) is 64.6 Å². The van der Waals surface area contributed by atoms with E-state index >= 15 is 0 Å². The fraction of sp³-hybridized carbons (Fsp3) is 0.149. The van der Waals surface area contributed by atoms with Crippen molar-refractivity contribution in [2.75, 3.05) is 0 Å². The van der Waals surface area contributed by atoms with Gasteiger partial charge in [-0.05, 0) is 69.0 Å². The number of hydrogen-bond donors (Lipinski definition) is 0. The van der Waals surface area contributed by atoms with Crippen LogP contribution in [-0.2, 0) is 25.5 Å². The van der Waals surface area contributed by atoms with Crippen LogP contribution >= 0.6 is 11.3 Å². The van der Waals surface area contributed by atoms with E-state index in [1.165, 1.54) is 54.2 Å². The van der Waals surface area contributed by atoms with Crippen molar-refractivity contribution in [1.29, 1.82) is 0 Å². The van der Waals surface area contributed by atoms with Crippen LogP contribution in [0.3, 0.4) is 0 Å². The molecule has 0 saturated carbocycles. The van der Waals surface area contributed by atoms with Gasteiger partial charge in [0.1, 0.15) is 11.4 Å². The molecule has 4 aromatic heterocycles. The van der Waals surface area contributed by atoms with Gasteiger partial charge in [-0.1, -0.05) is 116 Å². The summed E-state index contributed by atoms with van der Waals surface area (Å²) in [7, 11) is -1.38. The maximum Gasteiger partial charge on any atom is 0.126 e. The minimum absolute atomic E-state index is 0. The number of pyridine rings is 2.